The van der Waals surface area contributed by atoms with Crippen molar-refractivity contribution in [1.82, 2.24) is 19.4 Å². The summed E-state index contributed by atoms with van der Waals surface area (Å²) in [6, 6.07) is 14.2. The van der Waals surface area contributed by atoms with Gasteiger partial charge in [0.05, 0.1) is 18.6 Å². The van der Waals surface area contributed by atoms with E-state index < -0.39 is 0 Å². The van der Waals surface area contributed by atoms with E-state index in [4.69, 9.17) is 22.1 Å². The maximum absolute atomic E-state index is 12.3. The number of amides is 2. The summed E-state index contributed by atoms with van der Waals surface area (Å²) in [5.74, 6) is 0.444. The fourth-order valence-electron chi connectivity index (χ4n) is 4.17. The van der Waals surface area contributed by atoms with Gasteiger partial charge in [-0.1, -0.05) is 23.7 Å². The number of ether oxygens (including phenoxy) is 1. The highest BCUT2D eigenvalue weighted by Crippen LogP contribution is 2.33. The molecule has 0 atom stereocenters. The van der Waals surface area contributed by atoms with Gasteiger partial charge in [0.15, 0.2) is 0 Å². The summed E-state index contributed by atoms with van der Waals surface area (Å²) in [5, 5.41) is 7.06. The van der Waals surface area contributed by atoms with E-state index in [1.807, 2.05) is 24.3 Å². The molecule has 4 aromatic rings. The van der Waals surface area contributed by atoms with Crippen LogP contribution in [0.5, 0.6) is 0 Å². The zero-order chi connectivity index (χ0) is 24.2. The average molecular weight is 492 g/mol. The van der Waals surface area contributed by atoms with Gasteiger partial charge in [-0.15, -0.1) is 0 Å². The van der Waals surface area contributed by atoms with Gasteiger partial charge in [0, 0.05) is 54.3 Å². The molecule has 1 fully saturated rings. The zero-order valence-electron chi connectivity index (χ0n) is 19.1. The highest BCUT2D eigenvalue weighted by Gasteiger charge is 2.17. The number of anilines is 3. The molecule has 180 valence electrons. The maximum atomic E-state index is 12.3. The van der Waals surface area contributed by atoms with Gasteiger partial charge in [0.1, 0.15) is 17.8 Å². The van der Waals surface area contributed by atoms with Gasteiger partial charge in [0.2, 0.25) is 0 Å². The number of nitrogen functional groups attached to an aromatic ring is 1. The van der Waals surface area contributed by atoms with Crippen molar-refractivity contribution >= 4 is 45.9 Å². The van der Waals surface area contributed by atoms with Crippen LogP contribution < -0.4 is 16.4 Å². The SMILES string of the molecule is Nc1ncnc2c1c(-c1ccc(NC(=O)Nc3ccc(Cl)cc3)cc1)cn2CCN1CCOCC1. The number of fused-ring (bicyclic) bond motifs is 1. The van der Waals surface area contributed by atoms with Crippen LogP contribution in [0.4, 0.5) is 22.0 Å². The fourth-order valence-corrected chi connectivity index (χ4v) is 4.30. The Bertz CT molecular complexity index is 1320. The number of nitrogens with one attached hydrogen (secondary N) is 2. The summed E-state index contributed by atoms with van der Waals surface area (Å²) in [5.41, 5.74) is 10.3. The molecule has 1 aliphatic rings. The van der Waals surface area contributed by atoms with Crippen LogP contribution in [0, 0.1) is 0 Å². The number of nitrogens with two attached hydrogens (primary N) is 1. The van der Waals surface area contributed by atoms with Crippen LogP contribution >= 0.6 is 11.6 Å². The van der Waals surface area contributed by atoms with Crippen LogP contribution in [0.2, 0.25) is 5.02 Å². The van der Waals surface area contributed by atoms with E-state index in [0.29, 0.717) is 22.2 Å². The molecule has 0 spiro atoms. The number of carbonyl (C=O) groups is 1. The Morgan fingerprint density at radius 3 is 2.31 bits per heavy atom. The second-order valence-corrected chi connectivity index (χ2v) is 8.75. The first-order chi connectivity index (χ1) is 17.1. The lowest BCUT2D eigenvalue weighted by Crippen LogP contribution is -2.38. The predicted molar refractivity (Wildman–Crippen MR) is 139 cm³/mol. The molecule has 0 bridgehead atoms. The van der Waals surface area contributed by atoms with Gasteiger partial charge in [-0.25, -0.2) is 14.8 Å². The number of halogens is 1. The normalized spacial score (nSPS) is 14.2. The van der Waals surface area contributed by atoms with E-state index in [9.17, 15) is 4.79 Å². The highest BCUT2D eigenvalue weighted by atomic mass is 35.5. The van der Waals surface area contributed by atoms with E-state index in [1.54, 1.807) is 24.3 Å². The van der Waals surface area contributed by atoms with Crippen molar-refractivity contribution in [2.45, 2.75) is 6.54 Å². The molecule has 0 radical (unpaired) electrons. The van der Waals surface area contributed by atoms with Gasteiger partial charge in [-0.2, -0.15) is 0 Å². The zero-order valence-corrected chi connectivity index (χ0v) is 19.8. The molecule has 9 nitrogen and oxygen atoms in total. The summed E-state index contributed by atoms with van der Waals surface area (Å²) >= 11 is 5.89. The molecule has 3 heterocycles. The van der Waals surface area contributed by atoms with Crippen molar-refractivity contribution in [3.63, 3.8) is 0 Å². The summed E-state index contributed by atoms with van der Waals surface area (Å²) in [4.78, 5) is 23.4. The fraction of sp³-hybridized carbons (Fsp3) is 0.240. The molecular weight excluding hydrogens is 466 g/mol. The summed E-state index contributed by atoms with van der Waals surface area (Å²) < 4.78 is 7.58. The molecule has 1 aliphatic heterocycles. The Morgan fingerprint density at radius 2 is 1.63 bits per heavy atom. The molecule has 0 unspecified atom stereocenters. The molecule has 2 amide bonds. The number of hydrogen-bond donors (Lipinski definition) is 3. The Balaban J connectivity index is 1.33. The molecule has 35 heavy (non-hydrogen) atoms. The van der Waals surface area contributed by atoms with Crippen molar-refractivity contribution in [3.8, 4) is 11.1 Å². The topological polar surface area (TPSA) is 110 Å². The van der Waals surface area contributed by atoms with E-state index in [0.717, 1.165) is 61.6 Å². The number of benzene rings is 2. The standard InChI is InChI=1S/C25H26ClN7O2/c26-18-3-7-20(8-4-18)31-25(34)30-19-5-1-17(2-6-19)21-15-33(10-9-32-11-13-35-14-12-32)24-22(21)23(27)28-16-29-24/h1-8,15-16H,9-14H2,(H2,27,28,29)(H2,30,31,34). The lowest BCUT2D eigenvalue weighted by atomic mass is 10.1. The van der Waals surface area contributed by atoms with Gasteiger partial charge in [-0.05, 0) is 42.0 Å². The molecular formula is C25H26ClN7O2. The summed E-state index contributed by atoms with van der Waals surface area (Å²) in [7, 11) is 0. The first-order valence-corrected chi connectivity index (χ1v) is 11.8. The molecule has 1 saturated heterocycles. The number of hydrogen-bond acceptors (Lipinski definition) is 6. The van der Waals surface area contributed by atoms with Gasteiger partial charge in [0.25, 0.3) is 0 Å². The van der Waals surface area contributed by atoms with Gasteiger partial charge in [-0.3, -0.25) is 4.90 Å². The minimum Gasteiger partial charge on any atom is -0.383 e. The van der Waals surface area contributed by atoms with Gasteiger partial charge < -0.3 is 25.7 Å². The first-order valence-electron chi connectivity index (χ1n) is 11.4. The minimum atomic E-state index is -0.336. The summed E-state index contributed by atoms with van der Waals surface area (Å²) in [6.07, 6.45) is 3.57. The Labute approximate surface area is 207 Å². The van der Waals surface area contributed by atoms with Crippen LogP contribution in [0.15, 0.2) is 61.1 Å². The van der Waals surface area contributed by atoms with Crippen molar-refractivity contribution in [1.29, 1.82) is 0 Å². The molecule has 0 saturated carbocycles. The maximum Gasteiger partial charge on any atom is 0.323 e. The van der Waals surface area contributed by atoms with Crippen molar-refractivity contribution in [3.05, 3.63) is 66.1 Å². The third-order valence-electron chi connectivity index (χ3n) is 6.00. The second kappa shape index (κ2) is 10.3. The number of aromatic nitrogens is 3. The van der Waals surface area contributed by atoms with Crippen molar-refractivity contribution in [2.75, 3.05) is 49.2 Å². The van der Waals surface area contributed by atoms with Crippen molar-refractivity contribution in [2.24, 2.45) is 0 Å². The largest absolute Gasteiger partial charge is 0.383 e. The Hall–Kier alpha value is -3.66. The predicted octanol–water partition coefficient (Wildman–Crippen LogP) is 4.31. The van der Waals surface area contributed by atoms with E-state index >= 15 is 0 Å². The highest BCUT2D eigenvalue weighted by molar-refractivity contribution is 6.30. The van der Waals surface area contributed by atoms with Gasteiger partial charge >= 0.3 is 6.03 Å². The number of carbonyl (C=O) groups excluding carboxylic acids is 1. The monoisotopic (exact) mass is 491 g/mol. The van der Waals surface area contributed by atoms with E-state index in [1.165, 1.54) is 6.33 Å². The minimum absolute atomic E-state index is 0.336. The number of urea groups is 1. The Kier molecular flexibility index (Phi) is 6.80. The molecule has 0 aliphatic carbocycles. The van der Waals surface area contributed by atoms with Crippen LogP contribution in [0.1, 0.15) is 0 Å². The quantitative estimate of drug-likeness (QED) is 0.370. The lowest BCUT2D eigenvalue weighted by Gasteiger charge is -2.26. The molecule has 4 N–H and O–H groups in total. The van der Waals surface area contributed by atoms with Crippen LogP contribution in [0.25, 0.3) is 22.2 Å². The second-order valence-electron chi connectivity index (χ2n) is 8.31. The number of rotatable bonds is 6. The lowest BCUT2D eigenvalue weighted by molar-refractivity contribution is 0.0365. The van der Waals surface area contributed by atoms with Crippen LogP contribution in [-0.2, 0) is 11.3 Å². The van der Waals surface area contributed by atoms with Crippen LogP contribution in [0.3, 0.4) is 0 Å². The van der Waals surface area contributed by atoms with E-state index in [2.05, 4.69) is 36.3 Å². The third kappa shape index (κ3) is 5.37. The molecule has 10 heteroatoms. The molecule has 5 rings (SSSR count). The number of morpholine rings is 1. The third-order valence-corrected chi connectivity index (χ3v) is 6.25. The smallest absolute Gasteiger partial charge is 0.323 e. The van der Waals surface area contributed by atoms with Crippen LogP contribution in [-0.4, -0.2) is 58.3 Å². The molecule has 2 aromatic heterocycles. The first kappa shape index (κ1) is 23.1. The Morgan fingerprint density at radius 1 is 0.971 bits per heavy atom. The van der Waals surface area contributed by atoms with E-state index in [-0.39, 0.29) is 6.03 Å². The van der Waals surface area contributed by atoms with Crippen molar-refractivity contribution < 1.29 is 9.53 Å². The average Bonchev–Trinajstić information content (AvgIpc) is 3.25. The number of nitrogens with zero attached hydrogens (tertiary/aromatic N) is 4. The molecule has 2 aromatic carbocycles. The summed E-state index contributed by atoms with van der Waals surface area (Å²) in [6.45, 7) is 5.10.